The van der Waals surface area contributed by atoms with Gasteiger partial charge in [0.15, 0.2) is 0 Å². The van der Waals surface area contributed by atoms with Crippen molar-refractivity contribution in [3.8, 4) is 0 Å². The monoisotopic (exact) mass is 252 g/mol. The van der Waals surface area contributed by atoms with Gasteiger partial charge in [-0.05, 0) is 31.1 Å². The number of aromatic nitrogens is 1. The van der Waals surface area contributed by atoms with Gasteiger partial charge in [-0.25, -0.2) is 0 Å². The van der Waals surface area contributed by atoms with Gasteiger partial charge in [-0.2, -0.15) is 0 Å². The van der Waals surface area contributed by atoms with E-state index in [0.717, 1.165) is 18.3 Å². The molecule has 0 bridgehead atoms. The number of thiazole rings is 1. The fourth-order valence-electron chi connectivity index (χ4n) is 3.06. The molecule has 96 valence electrons. The van der Waals surface area contributed by atoms with E-state index in [9.17, 15) is 0 Å². The molecule has 1 aliphatic carbocycles. The van der Waals surface area contributed by atoms with E-state index in [4.69, 9.17) is 5.73 Å². The lowest BCUT2D eigenvalue weighted by molar-refractivity contribution is 0.233. The van der Waals surface area contributed by atoms with Gasteiger partial charge in [0.2, 0.25) is 0 Å². The van der Waals surface area contributed by atoms with E-state index < -0.39 is 0 Å². The minimum atomic E-state index is 0.345. The Morgan fingerprint density at radius 1 is 1.41 bits per heavy atom. The number of rotatable bonds is 5. The first kappa shape index (κ1) is 13.0. The Bertz CT molecular complexity index is 302. The lowest BCUT2D eigenvalue weighted by Gasteiger charge is -2.31. The molecule has 1 aromatic rings. The molecule has 0 spiro atoms. The van der Waals surface area contributed by atoms with Crippen molar-refractivity contribution in [1.82, 2.24) is 4.98 Å². The average Bonchev–Trinajstić information content (AvgIpc) is 2.83. The van der Waals surface area contributed by atoms with Crippen LogP contribution in [0.4, 0.5) is 0 Å². The quantitative estimate of drug-likeness (QED) is 0.869. The van der Waals surface area contributed by atoms with Crippen LogP contribution in [0.15, 0.2) is 11.7 Å². The molecule has 1 fully saturated rings. The summed E-state index contributed by atoms with van der Waals surface area (Å²) in [6, 6.07) is 0.345. The summed E-state index contributed by atoms with van der Waals surface area (Å²) in [5, 5.41) is 0. The lowest BCUT2D eigenvalue weighted by atomic mass is 9.76. The summed E-state index contributed by atoms with van der Waals surface area (Å²) in [6.45, 7) is 2.29. The van der Waals surface area contributed by atoms with Crippen LogP contribution in [0, 0.1) is 11.8 Å². The van der Waals surface area contributed by atoms with Crippen molar-refractivity contribution in [2.24, 2.45) is 17.6 Å². The highest BCUT2D eigenvalue weighted by molar-refractivity contribution is 7.09. The summed E-state index contributed by atoms with van der Waals surface area (Å²) in [7, 11) is 0. The first-order valence-corrected chi connectivity index (χ1v) is 7.80. The van der Waals surface area contributed by atoms with Gasteiger partial charge >= 0.3 is 0 Å². The van der Waals surface area contributed by atoms with E-state index in [1.165, 1.54) is 43.4 Å². The molecule has 2 rings (SSSR count). The summed E-state index contributed by atoms with van der Waals surface area (Å²) in [4.78, 5) is 5.46. The van der Waals surface area contributed by atoms with Crippen LogP contribution < -0.4 is 5.73 Å². The molecule has 3 heteroatoms. The molecule has 2 N–H and O–H groups in total. The zero-order valence-corrected chi connectivity index (χ0v) is 11.6. The van der Waals surface area contributed by atoms with Crippen LogP contribution in [0.1, 0.15) is 50.3 Å². The van der Waals surface area contributed by atoms with Gasteiger partial charge in [0.1, 0.15) is 0 Å². The summed E-state index contributed by atoms with van der Waals surface area (Å²) in [6.07, 6.45) is 11.2. The van der Waals surface area contributed by atoms with Crippen LogP contribution >= 0.6 is 11.3 Å². The van der Waals surface area contributed by atoms with Crippen molar-refractivity contribution in [3.05, 3.63) is 16.6 Å². The fraction of sp³-hybridized carbons (Fsp3) is 0.786. The van der Waals surface area contributed by atoms with Crippen LogP contribution in [-0.4, -0.2) is 11.0 Å². The molecule has 2 nitrogen and oxygen atoms in total. The molecule has 0 aromatic carbocycles. The van der Waals surface area contributed by atoms with Crippen LogP contribution in [0.3, 0.4) is 0 Å². The Balaban J connectivity index is 1.76. The highest BCUT2D eigenvalue weighted by atomic mass is 32.1. The van der Waals surface area contributed by atoms with E-state index in [1.54, 1.807) is 11.3 Å². The number of nitrogens with zero attached hydrogens (tertiary/aromatic N) is 1. The van der Waals surface area contributed by atoms with Crippen molar-refractivity contribution in [3.63, 3.8) is 0 Å². The summed E-state index contributed by atoms with van der Waals surface area (Å²) in [5.41, 5.74) is 8.24. The maximum absolute atomic E-state index is 6.34. The van der Waals surface area contributed by atoms with Crippen molar-refractivity contribution in [2.45, 2.75) is 57.9 Å². The molecule has 1 aliphatic rings. The minimum absolute atomic E-state index is 0.345. The zero-order valence-electron chi connectivity index (χ0n) is 10.8. The van der Waals surface area contributed by atoms with E-state index in [0.29, 0.717) is 6.04 Å². The van der Waals surface area contributed by atoms with Crippen LogP contribution in [-0.2, 0) is 6.42 Å². The molecule has 1 aromatic heterocycles. The van der Waals surface area contributed by atoms with E-state index in [2.05, 4.69) is 11.9 Å². The summed E-state index contributed by atoms with van der Waals surface area (Å²) < 4.78 is 0. The molecule has 0 amide bonds. The fourth-order valence-corrected chi connectivity index (χ4v) is 3.72. The topological polar surface area (TPSA) is 38.9 Å². The van der Waals surface area contributed by atoms with Crippen molar-refractivity contribution < 1.29 is 0 Å². The summed E-state index contributed by atoms with van der Waals surface area (Å²) >= 11 is 1.73. The SMILES string of the molecule is CCCC1CCC(C(N)Cc2cncs2)CC1. The minimum Gasteiger partial charge on any atom is -0.327 e. The Kier molecular flexibility index (Phi) is 4.99. The maximum Gasteiger partial charge on any atom is 0.0794 e. The molecule has 0 aliphatic heterocycles. The molecule has 1 atom stereocenters. The Morgan fingerprint density at radius 3 is 2.76 bits per heavy atom. The zero-order chi connectivity index (χ0) is 12.1. The Labute approximate surface area is 109 Å². The number of hydrogen-bond acceptors (Lipinski definition) is 3. The molecule has 0 radical (unpaired) electrons. The third-order valence-electron chi connectivity index (χ3n) is 4.11. The molecule has 17 heavy (non-hydrogen) atoms. The van der Waals surface area contributed by atoms with Crippen LogP contribution in [0.25, 0.3) is 0 Å². The highest BCUT2D eigenvalue weighted by Gasteiger charge is 2.25. The molecule has 0 saturated heterocycles. The largest absolute Gasteiger partial charge is 0.327 e. The second kappa shape index (κ2) is 6.50. The van der Waals surface area contributed by atoms with Crippen molar-refractivity contribution in [2.75, 3.05) is 0 Å². The third kappa shape index (κ3) is 3.78. The molecule has 1 saturated carbocycles. The Hall–Kier alpha value is -0.410. The molecular formula is C14H24N2S. The standard InChI is InChI=1S/C14H24N2S/c1-2-3-11-4-6-12(7-5-11)14(15)8-13-9-16-10-17-13/h9-12,14H,2-8,15H2,1H3. The van der Waals surface area contributed by atoms with Gasteiger partial charge in [0.05, 0.1) is 5.51 Å². The van der Waals surface area contributed by atoms with Gasteiger partial charge in [0.25, 0.3) is 0 Å². The van der Waals surface area contributed by atoms with E-state index in [-0.39, 0.29) is 0 Å². The molecule has 1 heterocycles. The van der Waals surface area contributed by atoms with Gasteiger partial charge in [-0.1, -0.05) is 32.6 Å². The maximum atomic E-state index is 6.34. The predicted molar refractivity (Wildman–Crippen MR) is 74.1 cm³/mol. The van der Waals surface area contributed by atoms with Gasteiger partial charge in [-0.15, -0.1) is 11.3 Å². The predicted octanol–water partition coefficient (Wildman–Crippen LogP) is 3.62. The van der Waals surface area contributed by atoms with Gasteiger partial charge < -0.3 is 5.73 Å². The van der Waals surface area contributed by atoms with Crippen molar-refractivity contribution >= 4 is 11.3 Å². The Morgan fingerprint density at radius 2 is 2.18 bits per heavy atom. The number of hydrogen-bond donors (Lipinski definition) is 1. The van der Waals surface area contributed by atoms with Crippen molar-refractivity contribution in [1.29, 1.82) is 0 Å². The second-order valence-electron chi connectivity index (χ2n) is 5.41. The number of nitrogens with two attached hydrogens (primary N) is 1. The van der Waals surface area contributed by atoms with Gasteiger partial charge in [-0.3, -0.25) is 4.98 Å². The smallest absolute Gasteiger partial charge is 0.0794 e. The second-order valence-corrected chi connectivity index (χ2v) is 6.38. The molecular weight excluding hydrogens is 228 g/mol. The summed E-state index contributed by atoms with van der Waals surface area (Å²) in [5.74, 6) is 1.72. The first-order valence-electron chi connectivity index (χ1n) is 6.92. The highest BCUT2D eigenvalue weighted by Crippen LogP contribution is 2.33. The first-order chi connectivity index (χ1) is 8.29. The normalized spacial score (nSPS) is 26.9. The molecule has 1 unspecified atom stereocenters. The van der Waals surface area contributed by atoms with Crippen LogP contribution in [0.2, 0.25) is 0 Å². The average molecular weight is 252 g/mol. The lowest BCUT2D eigenvalue weighted by Crippen LogP contribution is -2.34. The van der Waals surface area contributed by atoms with E-state index >= 15 is 0 Å². The third-order valence-corrected chi connectivity index (χ3v) is 4.92. The van der Waals surface area contributed by atoms with Gasteiger partial charge in [0, 0.05) is 17.1 Å². The van der Waals surface area contributed by atoms with E-state index in [1.807, 2.05) is 11.7 Å². The van der Waals surface area contributed by atoms with Crippen LogP contribution in [0.5, 0.6) is 0 Å².